The minimum Gasteiger partial charge on any atom is -0.436 e. The van der Waals surface area contributed by atoms with Crippen LogP contribution in [0.15, 0.2) is 54.6 Å². The highest BCUT2D eigenvalue weighted by molar-refractivity contribution is 5.76. The van der Waals surface area contributed by atoms with E-state index >= 15 is 0 Å². The molecule has 1 atom stereocenters. The fraction of sp³-hybridized carbons (Fsp3) is 0.407. The van der Waals surface area contributed by atoms with E-state index in [4.69, 9.17) is 14.6 Å². The molecule has 1 aromatic heterocycles. The number of aryl methyl sites for hydroxylation is 1. The van der Waals surface area contributed by atoms with E-state index in [1.165, 1.54) is 6.07 Å². The summed E-state index contributed by atoms with van der Waals surface area (Å²) in [5, 5.41) is 7.77. The standard InChI is InChI=1S/C27H33FN4O3/c1-27(2,3)29-26(33)32(17-20-13-10-16-34-20)18-21-24(19-11-6-5-7-12-19)30-31(4)25(21)35-23-15-9-8-14-22(23)28/h5-9,11-12,14-15,20H,10,13,16-18H2,1-4H3,(H,29,33)/t20-/m0/s1. The highest BCUT2D eigenvalue weighted by Gasteiger charge is 2.29. The number of aromatic nitrogens is 2. The van der Waals surface area contributed by atoms with E-state index in [0.717, 1.165) is 18.4 Å². The number of halogens is 1. The van der Waals surface area contributed by atoms with Crippen molar-refractivity contribution in [1.82, 2.24) is 20.0 Å². The third-order valence-corrected chi connectivity index (χ3v) is 5.74. The maximum atomic E-state index is 14.5. The number of benzene rings is 2. The molecular formula is C27H33FN4O3. The molecule has 3 aromatic rings. The van der Waals surface area contributed by atoms with E-state index < -0.39 is 11.4 Å². The minimum absolute atomic E-state index is 0.0338. The first kappa shape index (κ1) is 24.7. The van der Waals surface area contributed by atoms with Crippen LogP contribution in [-0.4, -0.2) is 45.5 Å². The van der Waals surface area contributed by atoms with E-state index in [0.29, 0.717) is 30.3 Å². The van der Waals surface area contributed by atoms with Gasteiger partial charge in [-0.3, -0.25) is 0 Å². The molecule has 0 radical (unpaired) electrons. The van der Waals surface area contributed by atoms with Gasteiger partial charge >= 0.3 is 6.03 Å². The summed E-state index contributed by atoms with van der Waals surface area (Å²) in [6.07, 6.45) is 1.84. The first-order chi connectivity index (χ1) is 16.7. The van der Waals surface area contributed by atoms with Crippen molar-refractivity contribution in [3.8, 4) is 22.9 Å². The molecule has 2 heterocycles. The van der Waals surface area contributed by atoms with Crippen LogP contribution in [0.1, 0.15) is 39.2 Å². The molecular weight excluding hydrogens is 447 g/mol. The highest BCUT2D eigenvalue weighted by atomic mass is 19.1. The van der Waals surface area contributed by atoms with Gasteiger partial charge in [0.25, 0.3) is 0 Å². The zero-order chi connectivity index (χ0) is 25.0. The van der Waals surface area contributed by atoms with Gasteiger partial charge in [0.15, 0.2) is 11.6 Å². The number of hydrogen-bond donors (Lipinski definition) is 1. The van der Waals surface area contributed by atoms with E-state index in [-0.39, 0.29) is 24.4 Å². The average Bonchev–Trinajstić information content (AvgIpc) is 3.43. The summed E-state index contributed by atoms with van der Waals surface area (Å²) in [5.41, 5.74) is 1.86. The van der Waals surface area contributed by atoms with Crippen LogP contribution in [0.4, 0.5) is 9.18 Å². The number of nitrogens with one attached hydrogen (secondary N) is 1. The van der Waals surface area contributed by atoms with Gasteiger partial charge in [0.1, 0.15) is 5.69 Å². The minimum atomic E-state index is -0.470. The Morgan fingerprint density at radius 3 is 2.57 bits per heavy atom. The molecule has 35 heavy (non-hydrogen) atoms. The third kappa shape index (κ3) is 6.19. The van der Waals surface area contributed by atoms with Crippen LogP contribution in [0.5, 0.6) is 11.6 Å². The number of amides is 2. The second-order valence-corrected chi connectivity index (χ2v) is 9.85. The Morgan fingerprint density at radius 1 is 1.20 bits per heavy atom. The van der Waals surface area contributed by atoms with E-state index in [1.54, 1.807) is 34.8 Å². The molecule has 8 heteroatoms. The monoisotopic (exact) mass is 480 g/mol. The number of hydrogen-bond acceptors (Lipinski definition) is 4. The van der Waals surface area contributed by atoms with Crippen LogP contribution in [0, 0.1) is 5.82 Å². The SMILES string of the molecule is Cn1nc(-c2ccccc2)c(CN(C[C@@H]2CCCO2)C(=O)NC(C)(C)C)c1Oc1ccccc1F. The van der Waals surface area contributed by atoms with Crippen molar-refractivity contribution in [2.45, 2.75) is 51.8 Å². The summed E-state index contributed by atoms with van der Waals surface area (Å²) in [7, 11) is 1.76. The summed E-state index contributed by atoms with van der Waals surface area (Å²) in [6.45, 7) is 7.20. The smallest absolute Gasteiger partial charge is 0.318 e. The normalized spacial score (nSPS) is 15.7. The Morgan fingerprint density at radius 2 is 1.91 bits per heavy atom. The van der Waals surface area contributed by atoms with Crippen LogP contribution >= 0.6 is 0 Å². The van der Waals surface area contributed by atoms with Crippen molar-refractivity contribution in [2.24, 2.45) is 7.05 Å². The predicted octanol–water partition coefficient (Wildman–Crippen LogP) is 5.51. The largest absolute Gasteiger partial charge is 0.436 e. The van der Waals surface area contributed by atoms with Gasteiger partial charge in [-0.2, -0.15) is 5.10 Å². The van der Waals surface area contributed by atoms with E-state index in [1.807, 2.05) is 51.1 Å². The lowest BCUT2D eigenvalue weighted by molar-refractivity contribution is 0.0780. The number of nitrogens with zero attached hydrogens (tertiary/aromatic N) is 3. The van der Waals surface area contributed by atoms with Crippen molar-refractivity contribution in [3.05, 3.63) is 66.0 Å². The average molecular weight is 481 g/mol. The Bertz CT molecular complexity index is 1150. The summed E-state index contributed by atoms with van der Waals surface area (Å²) in [4.78, 5) is 15.1. The lowest BCUT2D eigenvalue weighted by Crippen LogP contribution is -2.50. The molecule has 1 saturated heterocycles. The quantitative estimate of drug-likeness (QED) is 0.484. The van der Waals surface area contributed by atoms with Crippen molar-refractivity contribution in [1.29, 1.82) is 0 Å². The van der Waals surface area contributed by atoms with Crippen LogP contribution in [0.3, 0.4) is 0 Å². The van der Waals surface area contributed by atoms with Crippen LogP contribution in [0.2, 0.25) is 0 Å². The van der Waals surface area contributed by atoms with Gasteiger partial charge in [-0.15, -0.1) is 0 Å². The Labute approximate surface area is 205 Å². The molecule has 7 nitrogen and oxygen atoms in total. The molecule has 1 aliphatic rings. The first-order valence-corrected chi connectivity index (χ1v) is 11.9. The fourth-order valence-corrected chi connectivity index (χ4v) is 4.13. The number of carbonyl (C=O) groups is 1. The fourth-order valence-electron chi connectivity index (χ4n) is 4.13. The molecule has 0 bridgehead atoms. The number of ether oxygens (including phenoxy) is 2. The van der Waals surface area contributed by atoms with Gasteiger partial charge in [-0.1, -0.05) is 42.5 Å². The molecule has 0 saturated carbocycles. The van der Waals surface area contributed by atoms with Gasteiger partial charge in [-0.05, 0) is 45.7 Å². The van der Waals surface area contributed by atoms with Crippen LogP contribution in [-0.2, 0) is 18.3 Å². The Balaban J connectivity index is 1.75. The highest BCUT2D eigenvalue weighted by Crippen LogP contribution is 2.35. The van der Waals surface area contributed by atoms with Crippen molar-refractivity contribution in [3.63, 3.8) is 0 Å². The Hall–Kier alpha value is -3.39. The van der Waals surface area contributed by atoms with Crippen molar-refractivity contribution < 1.29 is 18.7 Å². The van der Waals surface area contributed by atoms with Gasteiger partial charge in [0.05, 0.1) is 18.2 Å². The van der Waals surface area contributed by atoms with Gasteiger partial charge < -0.3 is 19.7 Å². The molecule has 2 amide bonds. The van der Waals surface area contributed by atoms with E-state index in [9.17, 15) is 9.18 Å². The van der Waals surface area contributed by atoms with Gasteiger partial charge in [0, 0.05) is 31.3 Å². The molecule has 0 unspecified atom stereocenters. The summed E-state index contributed by atoms with van der Waals surface area (Å²) >= 11 is 0. The maximum absolute atomic E-state index is 14.5. The lowest BCUT2D eigenvalue weighted by atomic mass is 10.1. The molecule has 4 rings (SSSR count). The Kier molecular flexibility index (Phi) is 7.40. The lowest BCUT2D eigenvalue weighted by Gasteiger charge is -2.30. The second-order valence-electron chi connectivity index (χ2n) is 9.85. The summed E-state index contributed by atoms with van der Waals surface area (Å²) in [5.74, 6) is 0.0126. The summed E-state index contributed by atoms with van der Waals surface area (Å²) in [6, 6.07) is 15.8. The third-order valence-electron chi connectivity index (χ3n) is 5.74. The van der Waals surface area contributed by atoms with Gasteiger partial charge in [-0.25, -0.2) is 13.9 Å². The maximum Gasteiger partial charge on any atom is 0.318 e. The topological polar surface area (TPSA) is 68.6 Å². The zero-order valence-corrected chi connectivity index (χ0v) is 20.8. The van der Waals surface area contributed by atoms with Crippen LogP contribution < -0.4 is 10.1 Å². The molecule has 1 fully saturated rings. The first-order valence-electron chi connectivity index (χ1n) is 11.9. The molecule has 2 aromatic carbocycles. The number of urea groups is 1. The number of carbonyl (C=O) groups excluding carboxylic acids is 1. The van der Waals surface area contributed by atoms with E-state index in [2.05, 4.69) is 5.32 Å². The zero-order valence-electron chi connectivity index (χ0n) is 20.8. The van der Waals surface area contributed by atoms with Gasteiger partial charge in [0.2, 0.25) is 5.88 Å². The number of rotatable bonds is 7. The number of para-hydroxylation sites is 1. The molecule has 186 valence electrons. The molecule has 1 N–H and O–H groups in total. The van der Waals surface area contributed by atoms with Crippen molar-refractivity contribution >= 4 is 6.03 Å². The predicted molar refractivity (Wildman–Crippen MR) is 133 cm³/mol. The molecule has 0 spiro atoms. The van der Waals surface area contributed by atoms with Crippen LogP contribution in [0.25, 0.3) is 11.3 Å². The van der Waals surface area contributed by atoms with Crippen molar-refractivity contribution in [2.75, 3.05) is 13.2 Å². The molecule has 1 aliphatic heterocycles. The summed E-state index contributed by atoms with van der Waals surface area (Å²) < 4.78 is 28.0. The second kappa shape index (κ2) is 10.5. The molecule has 0 aliphatic carbocycles.